The van der Waals surface area contributed by atoms with Gasteiger partial charge in [-0.05, 0) is 24.3 Å². The fraction of sp³-hybridized carbons (Fsp3) is 0.478. The van der Waals surface area contributed by atoms with Crippen LogP contribution in [0.4, 0.5) is 0 Å². The Kier molecular flexibility index (Phi) is 6.18. The Balaban J connectivity index is 1.47. The van der Waals surface area contributed by atoms with Crippen LogP contribution in [0.1, 0.15) is 44.1 Å². The summed E-state index contributed by atoms with van der Waals surface area (Å²) in [6.07, 6.45) is 2.66. The molecule has 1 N–H and O–H groups in total. The molecule has 31 heavy (non-hydrogen) atoms. The second-order valence-corrected chi connectivity index (χ2v) is 8.63. The fourth-order valence-electron chi connectivity index (χ4n) is 3.86. The first-order chi connectivity index (χ1) is 14.9. The van der Waals surface area contributed by atoms with Gasteiger partial charge in [0.05, 0.1) is 5.92 Å². The zero-order chi connectivity index (χ0) is 22.0. The predicted molar refractivity (Wildman–Crippen MR) is 114 cm³/mol. The van der Waals surface area contributed by atoms with Crippen molar-refractivity contribution in [1.82, 2.24) is 20.2 Å². The first kappa shape index (κ1) is 21.2. The lowest BCUT2D eigenvalue weighted by Gasteiger charge is -2.36. The monoisotopic (exact) mass is 424 g/mol. The third-order valence-corrected chi connectivity index (χ3v) is 5.51. The van der Waals surface area contributed by atoms with Crippen LogP contribution in [0.2, 0.25) is 0 Å². The molecule has 8 nitrogen and oxygen atoms in total. The topological polar surface area (TPSA) is 105 Å². The van der Waals surface area contributed by atoms with Crippen molar-refractivity contribution in [3.8, 4) is 23.0 Å². The van der Waals surface area contributed by atoms with Gasteiger partial charge in [0.25, 0.3) is 5.89 Å². The number of carbonyl (C=O) groups is 1. The zero-order valence-corrected chi connectivity index (χ0v) is 18.2. The van der Waals surface area contributed by atoms with Gasteiger partial charge in [-0.2, -0.15) is 4.98 Å². The van der Waals surface area contributed by atoms with Crippen molar-refractivity contribution in [3.05, 3.63) is 41.2 Å². The Morgan fingerprint density at radius 3 is 2.58 bits per heavy atom. The minimum atomic E-state index is -0.718. The van der Waals surface area contributed by atoms with Crippen LogP contribution in [0.3, 0.4) is 0 Å². The molecule has 1 saturated heterocycles. The highest BCUT2D eigenvalue weighted by Gasteiger charge is 2.32. The van der Waals surface area contributed by atoms with Gasteiger partial charge < -0.3 is 14.2 Å². The number of hydrogen-bond donors (Lipinski definition) is 1. The quantitative estimate of drug-likeness (QED) is 0.548. The fourth-order valence-corrected chi connectivity index (χ4v) is 3.86. The summed E-state index contributed by atoms with van der Waals surface area (Å²) in [5.74, 6) is 1.28. The molecule has 3 aromatic rings. The van der Waals surface area contributed by atoms with Crippen LogP contribution in [0, 0.1) is 11.8 Å². The predicted octanol–water partition coefficient (Wildman–Crippen LogP) is 4.06. The molecule has 0 aliphatic carbocycles. The van der Waals surface area contributed by atoms with Crippen LogP contribution in [-0.4, -0.2) is 44.4 Å². The van der Waals surface area contributed by atoms with Gasteiger partial charge in [0.1, 0.15) is 5.76 Å². The van der Waals surface area contributed by atoms with Crippen molar-refractivity contribution in [3.63, 3.8) is 0 Å². The van der Waals surface area contributed by atoms with Gasteiger partial charge in [0, 0.05) is 37.2 Å². The normalized spacial score (nSPS) is 14.8. The van der Waals surface area contributed by atoms with Crippen molar-refractivity contribution in [1.29, 1.82) is 0 Å². The van der Waals surface area contributed by atoms with E-state index in [-0.39, 0.29) is 5.92 Å². The van der Waals surface area contributed by atoms with Crippen LogP contribution >= 0.6 is 0 Å². The van der Waals surface area contributed by atoms with Gasteiger partial charge in [0.15, 0.2) is 5.69 Å². The summed E-state index contributed by atoms with van der Waals surface area (Å²) >= 11 is 0. The molecule has 4 rings (SSSR count). The van der Waals surface area contributed by atoms with Gasteiger partial charge in [-0.25, -0.2) is 0 Å². The van der Waals surface area contributed by atoms with Gasteiger partial charge in [-0.3, -0.25) is 9.69 Å². The highest BCUT2D eigenvalue weighted by Crippen LogP contribution is 2.29. The number of nitrogens with zero attached hydrogens (tertiary/aromatic N) is 4. The molecule has 0 unspecified atom stereocenters. The minimum Gasteiger partial charge on any atom is -0.481 e. The third-order valence-electron chi connectivity index (χ3n) is 5.51. The Hall–Kier alpha value is -3.00. The van der Waals surface area contributed by atoms with E-state index in [0.29, 0.717) is 36.4 Å². The molecule has 1 aliphatic rings. The van der Waals surface area contributed by atoms with Crippen LogP contribution in [0.15, 0.2) is 33.3 Å². The lowest BCUT2D eigenvalue weighted by Crippen LogP contribution is -2.49. The zero-order valence-electron chi connectivity index (χ0n) is 18.2. The second-order valence-electron chi connectivity index (χ2n) is 8.63. The first-order valence-electron chi connectivity index (χ1n) is 10.8. The number of aliphatic carboxylic acids is 1. The molecule has 1 aliphatic heterocycles. The smallest absolute Gasteiger partial charge is 0.309 e. The summed E-state index contributed by atoms with van der Waals surface area (Å²) in [6, 6.07) is 7.94. The first-order valence-corrected chi connectivity index (χ1v) is 10.8. The maximum atomic E-state index is 10.9. The van der Waals surface area contributed by atoms with E-state index in [4.69, 9.17) is 14.2 Å². The highest BCUT2D eigenvalue weighted by atomic mass is 16.5. The number of rotatable bonds is 9. The Bertz CT molecular complexity index is 1030. The van der Waals surface area contributed by atoms with E-state index in [2.05, 4.69) is 41.0 Å². The number of aromatic nitrogens is 3. The summed E-state index contributed by atoms with van der Waals surface area (Å²) in [6.45, 7) is 8.37. The summed E-state index contributed by atoms with van der Waals surface area (Å²) in [4.78, 5) is 17.6. The summed E-state index contributed by atoms with van der Waals surface area (Å²) in [5.41, 5.74) is 3.67. The van der Waals surface area contributed by atoms with Crippen LogP contribution in [-0.2, 0) is 24.2 Å². The molecule has 3 heterocycles. The highest BCUT2D eigenvalue weighted by molar-refractivity contribution is 5.71. The maximum absolute atomic E-state index is 10.9. The van der Waals surface area contributed by atoms with Crippen LogP contribution in [0.25, 0.3) is 23.0 Å². The van der Waals surface area contributed by atoms with E-state index in [1.54, 1.807) is 0 Å². The van der Waals surface area contributed by atoms with Crippen molar-refractivity contribution in [2.45, 2.75) is 46.6 Å². The number of hydrogen-bond acceptors (Lipinski definition) is 7. The summed E-state index contributed by atoms with van der Waals surface area (Å²) < 4.78 is 11.1. The largest absolute Gasteiger partial charge is 0.481 e. The van der Waals surface area contributed by atoms with Crippen molar-refractivity contribution in [2.24, 2.45) is 11.8 Å². The molecular formula is C23H28N4O4. The van der Waals surface area contributed by atoms with E-state index in [0.717, 1.165) is 48.3 Å². The van der Waals surface area contributed by atoms with Crippen molar-refractivity contribution in [2.75, 3.05) is 13.1 Å². The van der Waals surface area contributed by atoms with E-state index in [1.807, 2.05) is 24.3 Å². The lowest BCUT2D eigenvalue weighted by molar-refractivity contribution is -0.147. The molecule has 8 heteroatoms. The van der Waals surface area contributed by atoms with E-state index in [9.17, 15) is 4.79 Å². The second kappa shape index (κ2) is 9.01. The maximum Gasteiger partial charge on any atom is 0.309 e. The van der Waals surface area contributed by atoms with E-state index in [1.165, 1.54) is 0 Å². The van der Waals surface area contributed by atoms with E-state index >= 15 is 0 Å². The number of carboxylic acid groups (broad SMARTS) is 1. The van der Waals surface area contributed by atoms with Gasteiger partial charge in [-0.1, -0.05) is 55.4 Å². The molecule has 1 aromatic carbocycles. The van der Waals surface area contributed by atoms with E-state index < -0.39 is 5.97 Å². The number of aryl methyl sites for hydroxylation is 1. The Labute approximate surface area is 181 Å². The molecule has 2 aromatic heterocycles. The van der Waals surface area contributed by atoms with Crippen molar-refractivity contribution < 1.29 is 18.9 Å². The average molecular weight is 425 g/mol. The molecule has 0 saturated carbocycles. The average Bonchev–Trinajstić information content (AvgIpc) is 3.32. The van der Waals surface area contributed by atoms with Gasteiger partial charge in [0.2, 0.25) is 5.82 Å². The molecule has 0 amide bonds. The van der Waals surface area contributed by atoms with Crippen molar-refractivity contribution >= 4 is 5.97 Å². The Morgan fingerprint density at radius 2 is 1.94 bits per heavy atom. The number of benzene rings is 1. The van der Waals surface area contributed by atoms with Gasteiger partial charge in [-0.15, -0.1) is 0 Å². The number of carboxylic acids is 1. The lowest BCUT2D eigenvalue weighted by atomic mass is 9.99. The molecule has 1 fully saturated rings. The van der Waals surface area contributed by atoms with Crippen LogP contribution < -0.4 is 0 Å². The van der Waals surface area contributed by atoms with Crippen LogP contribution in [0.5, 0.6) is 0 Å². The third kappa shape index (κ3) is 4.69. The SMILES string of the molecule is CCCc1onc(-c2nc(-c3ccc(CN4CC(C(=O)O)C4)cc3)no2)c1CC(C)C. The minimum absolute atomic E-state index is 0.244. The molecule has 0 bridgehead atoms. The molecule has 0 radical (unpaired) electrons. The molecular weight excluding hydrogens is 396 g/mol. The van der Waals surface area contributed by atoms with Gasteiger partial charge >= 0.3 is 5.97 Å². The standard InChI is InChI=1S/C23H28N4O4/c1-4-5-19-18(10-14(2)3)20(25-30-19)22-24-21(26-31-22)16-8-6-15(7-9-16)11-27-12-17(13-27)23(28)29/h6-9,14,17H,4-5,10-13H2,1-3H3,(H,28,29). The summed E-state index contributed by atoms with van der Waals surface area (Å²) in [7, 11) is 0. The molecule has 0 spiro atoms. The number of likely N-dealkylation sites (tertiary alicyclic amines) is 1. The molecule has 0 atom stereocenters. The molecule has 164 valence electrons. The summed E-state index contributed by atoms with van der Waals surface area (Å²) in [5, 5.41) is 17.4. The Morgan fingerprint density at radius 1 is 1.19 bits per heavy atom.